The van der Waals surface area contributed by atoms with Crippen molar-refractivity contribution in [2.75, 3.05) is 6.54 Å². The van der Waals surface area contributed by atoms with Gasteiger partial charge in [-0.15, -0.1) is 11.3 Å². The van der Waals surface area contributed by atoms with Gasteiger partial charge < -0.3 is 5.32 Å². The summed E-state index contributed by atoms with van der Waals surface area (Å²) in [5.74, 6) is 1.32. The van der Waals surface area contributed by atoms with Crippen molar-refractivity contribution in [2.24, 2.45) is 11.3 Å². The molecule has 20 heavy (non-hydrogen) atoms. The van der Waals surface area contributed by atoms with Gasteiger partial charge in [-0.25, -0.2) is 0 Å². The minimum atomic E-state index is 0.191. The Hall–Kier alpha value is -0.0500. The molecule has 2 unspecified atom stereocenters. The van der Waals surface area contributed by atoms with E-state index >= 15 is 0 Å². The molecule has 2 atom stereocenters. The Bertz CT molecular complexity index is 444. The first-order valence-electron chi connectivity index (χ1n) is 7.66. The summed E-state index contributed by atoms with van der Waals surface area (Å²) in [6.07, 6.45) is 3.88. The molecule has 1 aliphatic carbocycles. The van der Waals surface area contributed by atoms with Crippen molar-refractivity contribution < 1.29 is 0 Å². The minimum absolute atomic E-state index is 0.191. The monoisotopic (exact) mass is 313 g/mol. The lowest BCUT2D eigenvalue weighted by molar-refractivity contribution is 0.155. The first-order chi connectivity index (χ1) is 9.18. The molecular weight excluding hydrogens is 286 g/mol. The Balaban J connectivity index is 2.15. The first kappa shape index (κ1) is 16.3. The van der Waals surface area contributed by atoms with Gasteiger partial charge >= 0.3 is 0 Å². The van der Waals surface area contributed by atoms with Crippen molar-refractivity contribution in [1.82, 2.24) is 5.32 Å². The first-order valence-corrected chi connectivity index (χ1v) is 8.92. The van der Waals surface area contributed by atoms with Crippen LogP contribution in [0.2, 0.25) is 5.02 Å². The van der Waals surface area contributed by atoms with E-state index in [1.165, 1.54) is 24.1 Å². The third kappa shape index (κ3) is 4.22. The molecule has 114 valence electrons. The lowest BCUT2D eigenvalue weighted by Gasteiger charge is -2.41. The van der Waals surface area contributed by atoms with Gasteiger partial charge in [-0.05, 0) is 75.3 Å². The van der Waals surface area contributed by atoms with Crippen LogP contribution in [-0.2, 0) is 0 Å². The molecule has 0 spiro atoms. The summed E-state index contributed by atoms with van der Waals surface area (Å²) in [5, 5.41) is 6.80. The summed E-state index contributed by atoms with van der Waals surface area (Å²) in [5.41, 5.74) is 0.632. The molecule has 1 nitrogen and oxygen atoms in total. The van der Waals surface area contributed by atoms with Gasteiger partial charge in [-0.2, -0.15) is 0 Å². The molecule has 0 saturated heterocycles. The van der Waals surface area contributed by atoms with Gasteiger partial charge in [-0.3, -0.25) is 0 Å². The average molecular weight is 314 g/mol. The van der Waals surface area contributed by atoms with Gasteiger partial charge in [0.2, 0.25) is 0 Å². The predicted octanol–water partition coefficient (Wildman–Crippen LogP) is 5.70. The van der Waals surface area contributed by atoms with Gasteiger partial charge in [0.05, 0.1) is 5.02 Å². The van der Waals surface area contributed by atoms with Crippen LogP contribution < -0.4 is 5.32 Å². The van der Waals surface area contributed by atoms with Crippen LogP contribution in [0, 0.1) is 11.3 Å². The Labute approximate surface area is 133 Å². The fourth-order valence-electron chi connectivity index (χ4n) is 3.20. The molecule has 1 aromatic heterocycles. The second-order valence-electron chi connectivity index (χ2n) is 8.04. The van der Waals surface area contributed by atoms with E-state index in [1.54, 1.807) is 0 Å². The molecule has 1 aromatic rings. The molecule has 3 heteroatoms. The summed E-state index contributed by atoms with van der Waals surface area (Å²) in [4.78, 5) is 1.40. The molecule has 1 aliphatic rings. The van der Waals surface area contributed by atoms with E-state index in [2.05, 4.69) is 51.4 Å². The van der Waals surface area contributed by atoms with E-state index in [-0.39, 0.29) is 5.54 Å². The maximum atomic E-state index is 6.41. The fourth-order valence-corrected chi connectivity index (χ4v) is 4.59. The van der Waals surface area contributed by atoms with E-state index < -0.39 is 0 Å². The van der Waals surface area contributed by atoms with E-state index in [9.17, 15) is 0 Å². The second kappa shape index (κ2) is 5.98. The quantitative estimate of drug-likeness (QED) is 0.754. The largest absolute Gasteiger partial charge is 0.312 e. The highest BCUT2D eigenvalue weighted by Crippen LogP contribution is 2.49. The minimum Gasteiger partial charge on any atom is -0.312 e. The third-order valence-corrected chi connectivity index (χ3v) is 5.90. The lowest BCUT2D eigenvalue weighted by Crippen LogP contribution is -2.42. The molecule has 0 aromatic carbocycles. The normalized spacial score (nSPS) is 26.7. The zero-order valence-electron chi connectivity index (χ0n) is 13.4. The standard InChI is InChI=1S/C17H28ClNS/c1-16(2,3)19-11-12-6-8-17(4,5)10-13(12)15-14(18)7-9-20-15/h7,9,12-13,19H,6,8,10-11H2,1-5H3. The molecule has 0 amide bonds. The van der Waals surface area contributed by atoms with E-state index in [1.807, 2.05) is 11.3 Å². The Kier molecular flexibility index (Phi) is 4.88. The molecular formula is C17H28ClNS. The summed E-state index contributed by atoms with van der Waals surface area (Å²) < 4.78 is 0. The molecule has 1 heterocycles. The molecule has 2 rings (SSSR count). The SMILES string of the molecule is CC1(C)CCC(CNC(C)(C)C)C(c2sccc2Cl)C1. The van der Waals surface area contributed by atoms with Crippen LogP contribution in [0.15, 0.2) is 11.4 Å². The van der Waals surface area contributed by atoms with E-state index in [4.69, 9.17) is 11.6 Å². The van der Waals surface area contributed by atoms with Crippen molar-refractivity contribution in [3.8, 4) is 0 Å². The van der Waals surface area contributed by atoms with E-state index in [0.717, 1.165) is 11.6 Å². The third-order valence-electron chi connectivity index (χ3n) is 4.41. The zero-order valence-corrected chi connectivity index (χ0v) is 15.0. The molecule has 1 N–H and O–H groups in total. The van der Waals surface area contributed by atoms with Crippen molar-refractivity contribution >= 4 is 22.9 Å². The van der Waals surface area contributed by atoms with Crippen LogP contribution in [0.1, 0.15) is 64.7 Å². The fraction of sp³-hybridized carbons (Fsp3) is 0.765. The van der Waals surface area contributed by atoms with Crippen LogP contribution >= 0.6 is 22.9 Å². The zero-order chi connectivity index (χ0) is 15.0. The number of hydrogen-bond donors (Lipinski definition) is 1. The summed E-state index contributed by atoms with van der Waals surface area (Å²) in [6, 6.07) is 2.05. The molecule has 0 radical (unpaired) electrons. The average Bonchev–Trinajstić information content (AvgIpc) is 2.71. The van der Waals surface area contributed by atoms with Crippen LogP contribution in [0.3, 0.4) is 0 Å². The molecule has 1 saturated carbocycles. The van der Waals surface area contributed by atoms with Crippen LogP contribution in [-0.4, -0.2) is 12.1 Å². The van der Waals surface area contributed by atoms with Gasteiger partial charge in [-0.1, -0.05) is 25.4 Å². The summed E-state index contributed by atoms with van der Waals surface area (Å²) >= 11 is 8.25. The van der Waals surface area contributed by atoms with Gasteiger partial charge in [0.15, 0.2) is 0 Å². The Morgan fingerprint density at radius 2 is 2.10 bits per heavy atom. The van der Waals surface area contributed by atoms with Crippen molar-refractivity contribution in [1.29, 1.82) is 0 Å². The van der Waals surface area contributed by atoms with Crippen LogP contribution in [0.5, 0.6) is 0 Å². The van der Waals surface area contributed by atoms with Crippen molar-refractivity contribution in [2.45, 2.75) is 65.3 Å². The highest BCUT2D eigenvalue weighted by Gasteiger charge is 2.37. The second-order valence-corrected chi connectivity index (χ2v) is 9.39. The molecule has 0 aliphatic heterocycles. The number of halogens is 1. The van der Waals surface area contributed by atoms with Crippen molar-refractivity contribution in [3.05, 3.63) is 21.3 Å². The van der Waals surface area contributed by atoms with Gasteiger partial charge in [0, 0.05) is 10.4 Å². The highest BCUT2D eigenvalue weighted by atomic mass is 35.5. The number of thiophene rings is 1. The summed E-state index contributed by atoms with van der Waals surface area (Å²) in [6.45, 7) is 12.6. The van der Waals surface area contributed by atoms with E-state index in [0.29, 0.717) is 17.3 Å². The van der Waals surface area contributed by atoms with Crippen LogP contribution in [0.4, 0.5) is 0 Å². The van der Waals surface area contributed by atoms with Gasteiger partial charge in [0.25, 0.3) is 0 Å². The molecule has 1 fully saturated rings. The highest BCUT2D eigenvalue weighted by molar-refractivity contribution is 7.10. The smallest absolute Gasteiger partial charge is 0.0547 e. The lowest BCUT2D eigenvalue weighted by atomic mass is 9.66. The molecule has 0 bridgehead atoms. The topological polar surface area (TPSA) is 12.0 Å². The van der Waals surface area contributed by atoms with Crippen molar-refractivity contribution in [3.63, 3.8) is 0 Å². The van der Waals surface area contributed by atoms with Gasteiger partial charge in [0.1, 0.15) is 0 Å². The summed E-state index contributed by atoms with van der Waals surface area (Å²) in [7, 11) is 0. The maximum absolute atomic E-state index is 6.41. The maximum Gasteiger partial charge on any atom is 0.0547 e. The predicted molar refractivity (Wildman–Crippen MR) is 90.9 cm³/mol. The van der Waals surface area contributed by atoms with Crippen LogP contribution in [0.25, 0.3) is 0 Å². The Morgan fingerprint density at radius 3 is 2.65 bits per heavy atom. The number of rotatable bonds is 3. The number of hydrogen-bond acceptors (Lipinski definition) is 2. The number of nitrogens with one attached hydrogen (secondary N) is 1. The Morgan fingerprint density at radius 1 is 1.40 bits per heavy atom.